The lowest BCUT2D eigenvalue weighted by Crippen LogP contribution is -2.41. The molecule has 0 spiro atoms. The molecule has 1 atom stereocenters. The molecule has 0 saturated heterocycles. The number of aryl methyl sites for hydroxylation is 3. The number of ether oxygens (including phenoxy) is 2. The van der Waals surface area contributed by atoms with Gasteiger partial charge in [0.25, 0.3) is 0 Å². The van der Waals surface area contributed by atoms with Gasteiger partial charge in [-0.05, 0) is 84.2 Å². The van der Waals surface area contributed by atoms with Crippen LogP contribution in [0.4, 0.5) is 0 Å². The average Bonchev–Trinajstić information content (AvgIpc) is 2.95. The van der Waals surface area contributed by atoms with Crippen molar-refractivity contribution in [2.45, 2.75) is 65.1 Å². The molecule has 1 aliphatic rings. The van der Waals surface area contributed by atoms with E-state index in [9.17, 15) is 4.79 Å². The van der Waals surface area contributed by atoms with Gasteiger partial charge in [0.05, 0.1) is 7.11 Å². The van der Waals surface area contributed by atoms with Crippen LogP contribution in [0.3, 0.4) is 0 Å². The summed E-state index contributed by atoms with van der Waals surface area (Å²) in [4.78, 5) is 14.6. The van der Waals surface area contributed by atoms with Crippen molar-refractivity contribution in [3.05, 3.63) is 110 Å². The van der Waals surface area contributed by atoms with E-state index in [-0.39, 0.29) is 12.0 Å². The number of esters is 1. The molecule has 0 amide bonds. The van der Waals surface area contributed by atoms with Gasteiger partial charge in [-0.15, -0.1) is 0 Å². The van der Waals surface area contributed by atoms with Crippen LogP contribution in [0, 0.1) is 0 Å². The number of methoxy groups -OCH3 is 1. The highest BCUT2D eigenvalue weighted by Gasteiger charge is 2.27. The Morgan fingerprint density at radius 1 is 0.974 bits per heavy atom. The van der Waals surface area contributed by atoms with E-state index in [1.807, 2.05) is 30.3 Å². The van der Waals surface area contributed by atoms with Crippen molar-refractivity contribution < 1.29 is 14.3 Å². The SMILES string of the molecule is C=C(CN(Cc1c(Cl)cccc1CC)C1CCc2cc(OCc3c(Cl)cccc3CC)ccc2C1)C(=O)OC. The minimum atomic E-state index is -0.377. The summed E-state index contributed by atoms with van der Waals surface area (Å²) in [6, 6.07) is 18.7. The molecular weight excluding hydrogens is 529 g/mol. The van der Waals surface area contributed by atoms with Gasteiger partial charge >= 0.3 is 5.97 Å². The Balaban J connectivity index is 1.52. The lowest BCUT2D eigenvalue weighted by atomic mass is 9.86. The van der Waals surface area contributed by atoms with Gasteiger partial charge in [-0.1, -0.05) is 74.0 Å². The molecule has 4 rings (SSSR count). The summed E-state index contributed by atoms with van der Waals surface area (Å²) >= 11 is 13.1. The number of benzene rings is 3. The number of fused-ring (bicyclic) bond motifs is 1. The highest BCUT2D eigenvalue weighted by Crippen LogP contribution is 2.32. The number of halogens is 2. The van der Waals surface area contributed by atoms with Crippen molar-refractivity contribution in [3.8, 4) is 5.75 Å². The lowest BCUT2D eigenvalue weighted by Gasteiger charge is -2.36. The first-order chi connectivity index (χ1) is 18.8. The van der Waals surface area contributed by atoms with Crippen molar-refractivity contribution >= 4 is 29.2 Å². The molecule has 0 saturated carbocycles. The third-order valence-electron chi connectivity index (χ3n) is 7.70. The monoisotopic (exact) mass is 565 g/mol. The molecule has 1 aliphatic carbocycles. The first-order valence-electron chi connectivity index (χ1n) is 13.6. The summed E-state index contributed by atoms with van der Waals surface area (Å²) in [5, 5.41) is 1.50. The van der Waals surface area contributed by atoms with Crippen LogP contribution in [0.1, 0.15) is 53.6 Å². The molecule has 206 valence electrons. The second-order valence-electron chi connectivity index (χ2n) is 10.1. The largest absolute Gasteiger partial charge is 0.489 e. The van der Waals surface area contributed by atoms with E-state index in [0.717, 1.165) is 59.0 Å². The molecule has 0 bridgehead atoms. The smallest absolute Gasteiger partial charge is 0.334 e. The molecule has 4 nitrogen and oxygen atoms in total. The fourth-order valence-electron chi connectivity index (χ4n) is 5.45. The number of nitrogens with zero attached hydrogens (tertiary/aromatic N) is 1. The van der Waals surface area contributed by atoms with Gasteiger partial charge < -0.3 is 9.47 Å². The molecule has 0 heterocycles. The molecule has 1 unspecified atom stereocenters. The molecule has 0 N–H and O–H groups in total. The van der Waals surface area contributed by atoms with Gasteiger partial charge in [-0.25, -0.2) is 4.79 Å². The molecule has 0 aromatic heterocycles. The summed E-state index contributed by atoms with van der Waals surface area (Å²) in [7, 11) is 1.40. The Kier molecular flexibility index (Phi) is 10.1. The van der Waals surface area contributed by atoms with Crippen LogP contribution >= 0.6 is 23.2 Å². The summed E-state index contributed by atoms with van der Waals surface area (Å²) < 4.78 is 11.1. The zero-order valence-corrected chi connectivity index (χ0v) is 24.6. The fraction of sp³-hybridized carbons (Fsp3) is 0.364. The summed E-state index contributed by atoms with van der Waals surface area (Å²) in [6.07, 6.45) is 4.57. The maximum Gasteiger partial charge on any atom is 0.334 e. The number of rotatable bonds is 11. The average molecular weight is 567 g/mol. The number of hydrogen-bond acceptors (Lipinski definition) is 4. The van der Waals surface area contributed by atoms with E-state index in [2.05, 4.69) is 49.6 Å². The van der Waals surface area contributed by atoms with Gasteiger partial charge in [-0.2, -0.15) is 0 Å². The zero-order valence-electron chi connectivity index (χ0n) is 23.1. The standard InChI is InChI=1S/C33H37Cl2NO3/c1-5-23-9-7-11-31(34)29(23)20-36(19-22(3)33(37)38-4)27-15-13-26-18-28(16-14-25(26)17-27)39-21-30-24(6-2)10-8-12-32(30)35/h7-12,14,16,18,27H,3,5-6,13,15,17,19-21H2,1-2,4H3. The Labute approximate surface area is 242 Å². The minimum Gasteiger partial charge on any atom is -0.489 e. The normalized spacial score (nSPS) is 14.7. The van der Waals surface area contributed by atoms with Gasteiger partial charge in [0.2, 0.25) is 0 Å². The van der Waals surface area contributed by atoms with Crippen LogP contribution in [0.2, 0.25) is 10.0 Å². The Bertz CT molecular complexity index is 1340. The van der Waals surface area contributed by atoms with Crippen molar-refractivity contribution in [2.75, 3.05) is 13.7 Å². The summed E-state index contributed by atoms with van der Waals surface area (Å²) in [5.74, 6) is 0.478. The third kappa shape index (κ3) is 7.05. The molecule has 0 aliphatic heterocycles. The van der Waals surface area contributed by atoms with Crippen LogP contribution in [0.25, 0.3) is 0 Å². The predicted molar refractivity (Wildman–Crippen MR) is 160 cm³/mol. The lowest BCUT2D eigenvalue weighted by molar-refractivity contribution is -0.136. The maximum absolute atomic E-state index is 12.2. The Morgan fingerprint density at radius 2 is 1.64 bits per heavy atom. The van der Waals surface area contributed by atoms with Crippen LogP contribution in [0.5, 0.6) is 5.75 Å². The van der Waals surface area contributed by atoms with Crippen molar-refractivity contribution in [1.29, 1.82) is 0 Å². The molecule has 6 heteroatoms. The Hall–Kier alpha value is -2.79. The number of carbonyl (C=O) groups excluding carboxylic acids is 1. The highest BCUT2D eigenvalue weighted by molar-refractivity contribution is 6.31. The molecular formula is C33H37Cl2NO3. The van der Waals surface area contributed by atoms with Gasteiger partial charge in [0, 0.05) is 40.3 Å². The van der Waals surface area contributed by atoms with E-state index in [1.54, 1.807) is 0 Å². The first-order valence-corrected chi connectivity index (χ1v) is 14.4. The van der Waals surface area contributed by atoms with E-state index < -0.39 is 0 Å². The summed E-state index contributed by atoms with van der Waals surface area (Å²) in [5.41, 5.74) is 7.64. The van der Waals surface area contributed by atoms with Gasteiger partial charge in [-0.3, -0.25) is 4.90 Å². The van der Waals surface area contributed by atoms with Crippen LogP contribution in [-0.4, -0.2) is 30.6 Å². The van der Waals surface area contributed by atoms with Crippen molar-refractivity contribution in [1.82, 2.24) is 4.90 Å². The zero-order chi connectivity index (χ0) is 27.9. The van der Waals surface area contributed by atoms with E-state index in [4.69, 9.17) is 32.7 Å². The molecule has 3 aromatic rings. The topological polar surface area (TPSA) is 38.8 Å². The van der Waals surface area contributed by atoms with Gasteiger partial charge in [0.1, 0.15) is 12.4 Å². The fourth-order valence-corrected chi connectivity index (χ4v) is 5.95. The second kappa shape index (κ2) is 13.5. The molecule has 0 radical (unpaired) electrons. The van der Waals surface area contributed by atoms with Crippen LogP contribution in [0.15, 0.2) is 66.7 Å². The van der Waals surface area contributed by atoms with E-state index in [0.29, 0.717) is 25.3 Å². The van der Waals surface area contributed by atoms with E-state index >= 15 is 0 Å². The first kappa shape index (κ1) is 29.2. The minimum absolute atomic E-state index is 0.238. The van der Waals surface area contributed by atoms with Crippen LogP contribution in [-0.2, 0) is 48.4 Å². The maximum atomic E-state index is 12.2. The van der Waals surface area contributed by atoms with Crippen LogP contribution < -0.4 is 4.74 Å². The number of hydrogen-bond donors (Lipinski definition) is 0. The molecule has 39 heavy (non-hydrogen) atoms. The third-order valence-corrected chi connectivity index (χ3v) is 8.41. The molecule has 0 fully saturated rings. The van der Waals surface area contributed by atoms with E-state index in [1.165, 1.54) is 29.4 Å². The van der Waals surface area contributed by atoms with Crippen molar-refractivity contribution in [2.24, 2.45) is 0 Å². The predicted octanol–water partition coefficient (Wildman–Crippen LogP) is 7.79. The Morgan fingerprint density at radius 3 is 2.31 bits per heavy atom. The quantitative estimate of drug-likeness (QED) is 0.176. The second-order valence-corrected chi connectivity index (χ2v) is 10.9. The van der Waals surface area contributed by atoms with Crippen molar-refractivity contribution in [3.63, 3.8) is 0 Å². The number of carbonyl (C=O) groups is 1. The highest BCUT2D eigenvalue weighted by atomic mass is 35.5. The summed E-state index contributed by atoms with van der Waals surface area (Å²) in [6.45, 7) is 9.81. The van der Waals surface area contributed by atoms with Gasteiger partial charge in [0.15, 0.2) is 0 Å². The molecule has 3 aromatic carbocycles.